The van der Waals surface area contributed by atoms with Gasteiger partial charge in [-0.25, -0.2) is 9.97 Å². The minimum atomic E-state index is 0.668. The van der Waals surface area contributed by atoms with E-state index in [0.29, 0.717) is 12.4 Å². The van der Waals surface area contributed by atoms with Crippen LogP contribution in [0.4, 0.5) is 11.4 Å². The monoisotopic (exact) mass is 730 g/mol. The number of allylic oxidation sites excluding steroid dienone is 4. The lowest BCUT2D eigenvalue weighted by molar-refractivity contribution is 1.08. The smallest absolute Gasteiger partial charge is 0.160 e. The first-order valence-corrected chi connectivity index (χ1v) is 19.3. The van der Waals surface area contributed by atoms with Gasteiger partial charge in [-0.3, -0.25) is 0 Å². The second-order valence-electron chi connectivity index (χ2n) is 14.3. The molecule has 270 valence electrons. The third kappa shape index (κ3) is 6.43. The largest absolute Gasteiger partial charge is 0.337 e. The van der Waals surface area contributed by atoms with Gasteiger partial charge in [-0.1, -0.05) is 164 Å². The SMILES string of the molecule is C=C1/C=C\C=C/CN(c2cc(-c3cc(-c4cccc(-c5ccccc5)c4)nc(-c4ccccc4)n3)cc(-n3c4ccccc4c4ccccc43)c2)c2ccccc21. The van der Waals surface area contributed by atoms with Crippen molar-refractivity contribution in [2.45, 2.75) is 0 Å². The van der Waals surface area contributed by atoms with Crippen LogP contribution in [0.3, 0.4) is 0 Å². The highest BCUT2D eigenvalue weighted by Crippen LogP contribution is 2.40. The summed E-state index contributed by atoms with van der Waals surface area (Å²) in [7, 11) is 0. The maximum Gasteiger partial charge on any atom is 0.160 e. The Labute approximate surface area is 332 Å². The number of para-hydroxylation sites is 3. The van der Waals surface area contributed by atoms with Gasteiger partial charge >= 0.3 is 0 Å². The molecule has 9 aromatic rings. The molecule has 0 atom stereocenters. The van der Waals surface area contributed by atoms with Crippen LogP contribution in [0.1, 0.15) is 5.56 Å². The second-order valence-corrected chi connectivity index (χ2v) is 14.3. The molecule has 0 aliphatic carbocycles. The van der Waals surface area contributed by atoms with E-state index >= 15 is 0 Å². The fraction of sp³-hybridized carbons (Fsp3) is 0.0189. The van der Waals surface area contributed by atoms with Crippen LogP contribution in [0.15, 0.2) is 213 Å². The van der Waals surface area contributed by atoms with Crippen LogP contribution in [0.5, 0.6) is 0 Å². The highest BCUT2D eigenvalue weighted by atomic mass is 15.1. The molecule has 0 unspecified atom stereocenters. The van der Waals surface area contributed by atoms with Crippen LogP contribution in [-0.4, -0.2) is 21.1 Å². The highest BCUT2D eigenvalue weighted by Gasteiger charge is 2.20. The molecule has 0 spiro atoms. The van der Waals surface area contributed by atoms with E-state index in [9.17, 15) is 0 Å². The Bertz CT molecular complexity index is 2960. The Morgan fingerprint density at radius 2 is 1.05 bits per heavy atom. The summed E-state index contributed by atoms with van der Waals surface area (Å²) in [5.41, 5.74) is 14.5. The molecule has 7 aromatic carbocycles. The van der Waals surface area contributed by atoms with Crippen LogP contribution in [0, 0.1) is 0 Å². The quantitative estimate of drug-likeness (QED) is 0.171. The lowest BCUT2D eigenvalue weighted by Gasteiger charge is -2.27. The Kier molecular flexibility index (Phi) is 8.69. The molecule has 57 heavy (non-hydrogen) atoms. The van der Waals surface area contributed by atoms with Crippen LogP contribution in [0.25, 0.3) is 78.1 Å². The van der Waals surface area contributed by atoms with Gasteiger partial charge in [0.25, 0.3) is 0 Å². The zero-order chi connectivity index (χ0) is 38.1. The summed E-state index contributed by atoms with van der Waals surface area (Å²) in [5, 5.41) is 2.43. The van der Waals surface area contributed by atoms with Crippen LogP contribution in [0.2, 0.25) is 0 Å². The molecule has 4 heteroatoms. The predicted molar refractivity (Wildman–Crippen MR) is 239 cm³/mol. The van der Waals surface area contributed by atoms with E-state index in [4.69, 9.17) is 9.97 Å². The van der Waals surface area contributed by atoms with E-state index in [2.05, 4.69) is 204 Å². The molecule has 0 N–H and O–H groups in total. The molecule has 2 aromatic heterocycles. The molecule has 1 aliphatic heterocycles. The normalized spacial score (nSPS) is 13.8. The molecular weight excluding hydrogens is 693 g/mol. The van der Waals surface area contributed by atoms with Crippen molar-refractivity contribution >= 4 is 38.8 Å². The molecular formula is C53H38N4. The highest BCUT2D eigenvalue weighted by molar-refractivity contribution is 6.09. The van der Waals surface area contributed by atoms with Crippen molar-refractivity contribution in [3.8, 4) is 50.7 Å². The molecule has 0 radical (unpaired) electrons. The number of aromatic nitrogens is 3. The third-order valence-electron chi connectivity index (χ3n) is 10.7. The van der Waals surface area contributed by atoms with Crippen molar-refractivity contribution < 1.29 is 0 Å². The van der Waals surface area contributed by atoms with Gasteiger partial charge in [0.1, 0.15) is 0 Å². The number of hydrogen-bond donors (Lipinski definition) is 0. The van der Waals surface area contributed by atoms with Gasteiger partial charge in [-0.15, -0.1) is 0 Å². The standard InChI is InChI=1S/C53H38N4/c1-37-18-5-4-16-31-56(50-28-13-10-25-45(37)50)43-33-42(34-44(35-43)57-51-29-14-11-26-46(51)47-27-12-15-30-52(47)57)49-36-48(54-53(55-49)39-21-8-3-9-22-39)41-24-17-23-40(32-41)38-19-6-2-7-20-38/h2-30,32-36H,1,31H2/b16-4-,18-5-. The van der Waals surface area contributed by atoms with Crippen molar-refractivity contribution in [1.29, 1.82) is 0 Å². The Hall–Kier alpha value is -7.56. The van der Waals surface area contributed by atoms with Gasteiger partial charge in [0.2, 0.25) is 0 Å². The zero-order valence-electron chi connectivity index (χ0n) is 31.3. The minimum Gasteiger partial charge on any atom is -0.337 e. The minimum absolute atomic E-state index is 0.668. The third-order valence-corrected chi connectivity index (χ3v) is 10.7. The average molecular weight is 731 g/mol. The van der Waals surface area contributed by atoms with E-state index in [-0.39, 0.29) is 0 Å². The lowest BCUT2D eigenvalue weighted by Crippen LogP contribution is -2.18. The first-order chi connectivity index (χ1) is 28.2. The first-order valence-electron chi connectivity index (χ1n) is 19.3. The molecule has 0 saturated heterocycles. The fourth-order valence-corrected chi connectivity index (χ4v) is 8.01. The topological polar surface area (TPSA) is 34.0 Å². The molecule has 1 aliphatic rings. The second kappa shape index (κ2) is 14.6. The number of rotatable bonds is 6. The summed E-state index contributed by atoms with van der Waals surface area (Å²) in [5.74, 6) is 0.676. The van der Waals surface area contributed by atoms with Gasteiger partial charge in [0.15, 0.2) is 5.82 Å². The molecule has 3 heterocycles. The predicted octanol–water partition coefficient (Wildman–Crippen LogP) is 13.5. The van der Waals surface area contributed by atoms with Crippen LogP contribution < -0.4 is 4.90 Å². The lowest BCUT2D eigenvalue weighted by atomic mass is 10.00. The van der Waals surface area contributed by atoms with E-state index in [0.717, 1.165) is 78.4 Å². The van der Waals surface area contributed by atoms with Crippen molar-refractivity contribution in [1.82, 2.24) is 14.5 Å². The van der Waals surface area contributed by atoms with Crippen molar-refractivity contribution in [3.63, 3.8) is 0 Å². The van der Waals surface area contributed by atoms with Gasteiger partial charge in [-0.2, -0.15) is 0 Å². The van der Waals surface area contributed by atoms with Gasteiger partial charge in [-0.05, 0) is 65.2 Å². The van der Waals surface area contributed by atoms with Crippen molar-refractivity contribution in [3.05, 3.63) is 218 Å². The number of fused-ring (bicyclic) bond motifs is 4. The van der Waals surface area contributed by atoms with E-state index in [1.54, 1.807) is 0 Å². The molecule has 0 fully saturated rings. The summed E-state index contributed by atoms with van der Waals surface area (Å²) in [6.07, 6.45) is 8.46. The molecule has 0 amide bonds. The van der Waals surface area contributed by atoms with Crippen molar-refractivity contribution in [2.24, 2.45) is 0 Å². The Morgan fingerprint density at radius 1 is 0.456 bits per heavy atom. The summed E-state index contributed by atoms with van der Waals surface area (Å²) >= 11 is 0. The number of benzene rings is 7. The molecule has 4 nitrogen and oxygen atoms in total. The van der Waals surface area contributed by atoms with Crippen molar-refractivity contribution in [2.75, 3.05) is 11.4 Å². The van der Waals surface area contributed by atoms with Gasteiger partial charge in [0, 0.05) is 56.6 Å². The maximum atomic E-state index is 5.34. The number of nitrogens with zero attached hydrogens (tertiary/aromatic N) is 4. The van der Waals surface area contributed by atoms with Crippen LogP contribution >= 0.6 is 0 Å². The summed E-state index contributed by atoms with van der Waals surface area (Å²) in [6.45, 7) is 5.12. The summed E-state index contributed by atoms with van der Waals surface area (Å²) in [4.78, 5) is 12.9. The first kappa shape index (κ1) is 34.0. The van der Waals surface area contributed by atoms with Crippen LogP contribution in [-0.2, 0) is 0 Å². The van der Waals surface area contributed by atoms with E-state index in [1.165, 1.54) is 10.8 Å². The number of anilines is 2. The van der Waals surface area contributed by atoms with E-state index in [1.807, 2.05) is 18.2 Å². The zero-order valence-corrected chi connectivity index (χ0v) is 31.3. The molecule has 10 rings (SSSR count). The summed E-state index contributed by atoms with van der Waals surface area (Å²) in [6, 6.07) is 64.3. The molecule has 0 saturated carbocycles. The van der Waals surface area contributed by atoms with E-state index < -0.39 is 0 Å². The Morgan fingerprint density at radius 3 is 1.81 bits per heavy atom. The fourth-order valence-electron chi connectivity index (χ4n) is 8.01. The number of hydrogen-bond acceptors (Lipinski definition) is 3. The van der Waals surface area contributed by atoms with Gasteiger partial charge < -0.3 is 9.47 Å². The Balaban J connectivity index is 1.24. The average Bonchev–Trinajstić information content (AvgIpc) is 3.65. The maximum absolute atomic E-state index is 5.34. The van der Waals surface area contributed by atoms with Gasteiger partial charge in [0.05, 0.1) is 22.4 Å². The summed E-state index contributed by atoms with van der Waals surface area (Å²) < 4.78 is 2.39. The molecule has 0 bridgehead atoms.